The van der Waals surface area contributed by atoms with E-state index in [1.807, 2.05) is 6.92 Å². The Morgan fingerprint density at radius 3 is 2.53 bits per heavy atom. The van der Waals surface area contributed by atoms with Gasteiger partial charge in [0.1, 0.15) is 11.6 Å². The molecule has 2 atom stereocenters. The largest absolute Gasteiger partial charge is 0.496 e. The minimum atomic E-state index is -4.24. The molecule has 11 heteroatoms. The molecule has 2 unspecified atom stereocenters. The molecule has 2 N–H and O–H groups in total. The van der Waals surface area contributed by atoms with Crippen LogP contribution in [0.25, 0.3) is 11.3 Å². The zero-order chi connectivity index (χ0) is 26.0. The molecule has 198 valence electrons. The van der Waals surface area contributed by atoms with Crippen LogP contribution >= 0.6 is 11.6 Å². The van der Waals surface area contributed by atoms with E-state index >= 15 is 0 Å². The van der Waals surface area contributed by atoms with Crippen LogP contribution in [0.3, 0.4) is 0 Å². The lowest BCUT2D eigenvalue weighted by molar-refractivity contribution is -0.196. The number of nitrogens with one attached hydrogen (secondary N) is 2. The van der Waals surface area contributed by atoms with Crippen LogP contribution in [0.5, 0.6) is 5.75 Å². The number of halogens is 4. The number of carbonyl (C=O) groups is 1. The highest BCUT2D eigenvalue weighted by Gasteiger charge is 2.50. The first kappa shape index (κ1) is 26.6. The summed E-state index contributed by atoms with van der Waals surface area (Å²) in [6, 6.07) is 0.828. The van der Waals surface area contributed by atoms with Crippen LogP contribution in [0.1, 0.15) is 62.9 Å². The molecule has 7 nitrogen and oxygen atoms in total. The molecular formula is C25H33ClF3N5O2. The number of nitrogens with zero attached hydrogens (tertiary/aromatic N) is 3. The van der Waals surface area contributed by atoms with Gasteiger partial charge in [0.2, 0.25) is 0 Å². The molecule has 36 heavy (non-hydrogen) atoms. The van der Waals surface area contributed by atoms with E-state index in [1.54, 1.807) is 10.7 Å². The molecule has 0 aromatic carbocycles. The Morgan fingerprint density at radius 1 is 1.22 bits per heavy atom. The standard InChI is InChI=1S/C25H33ClF3N5O2/c1-4-34-23(21(26)22(33-34)24(35)31-12-15-7-5-14(2)6-8-15)16-13-30-20(11-19(16)36-3)32-18-10-9-17(18)25(27,28)29/h11,13-15,17-18H,4-10,12H2,1-3H3,(H,30,32)(H,31,35). The van der Waals surface area contributed by atoms with Crippen molar-refractivity contribution < 1.29 is 22.7 Å². The van der Waals surface area contributed by atoms with Crippen molar-refractivity contribution >= 4 is 23.3 Å². The molecular weight excluding hydrogens is 495 g/mol. The average molecular weight is 528 g/mol. The van der Waals surface area contributed by atoms with E-state index in [2.05, 4.69) is 27.6 Å². The minimum Gasteiger partial charge on any atom is -0.496 e. The Kier molecular flexibility index (Phi) is 8.02. The van der Waals surface area contributed by atoms with E-state index in [-0.39, 0.29) is 28.9 Å². The summed E-state index contributed by atoms with van der Waals surface area (Å²) in [7, 11) is 1.46. The van der Waals surface area contributed by atoms with Gasteiger partial charge in [0.15, 0.2) is 5.69 Å². The second-order valence-electron chi connectivity index (χ2n) is 9.91. The third-order valence-corrected chi connectivity index (χ3v) is 7.82. The summed E-state index contributed by atoms with van der Waals surface area (Å²) in [5.41, 5.74) is 1.11. The first-order chi connectivity index (χ1) is 17.1. The predicted octanol–water partition coefficient (Wildman–Crippen LogP) is 5.94. The Hall–Kier alpha value is -2.49. The number of hydrogen-bond donors (Lipinski definition) is 2. The lowest BCUT2D eigenvalue weighted by atomic mass is 9.79. The van der Waals surface area contributed by atoms with E-state index in [0.717, 1.165) is 18.8 Å². The first-order valence-electron chi connectivity index (χ1n) is 12.5. The van der Waals surface area contributed by atoms with Gasteiger partial charge in [0.05, 0.1) is 29.3 Å². The van der Waals surface area contributed by atoms with Gasteiger partial charge >= 0.3 is 6.18 Å². The van der Waals surface area contributed by atoms with E-state index in [1.165, 1.54) is 26.1 Å². The summed E-state index contributed by atoms with van der Waals surface area (Å²) in [6.45, 7) is 5.16. The number of aryl methyl sites for hydroxylation is 1. The number of aromatic nitrogens is 3. The summed E-state index contributed by atoms with van der Waals surface area (Å²) >= 11 is 6.66. The molecule has 0 spiro atoms. The number of carbonyl (C=O) groups excluding carboxylic acids is 1. The van der Waals surface area contributed by atoms with Gasteiger partial charge in [0.25, 0.3) is 5.91 Å². The molecule has 2 fully saturated rings. The predicted molar refractivity (Wildman–Crippen MR) is 132 cm³/mol. The van der Waals surface area contributed by atoms with Crippen LogP contribution in [0, 0.1) is 17.8 Å². The van der Waals surface area contributed by atoms with Crippen LogP contribution in [-0.2, 0) is 6.54 Å². The van der Waals surface area contributed by atoms with E-state index in [0.29, 0.717) is 42.4 Å². The highest BCUT2D eigenvalue weighted by Crippen LogP contribution is 2.43. The first-order valence-corrected chi connectivity index (χ1v) is 12.9. The van der Waals surface area contributed by atoms with Crippen molar-refractivity contribution in [2.75, 3.05) is 19.0 Å². The van der Waals surface area contributed by atoms with Crippen LogP contribution in [-0.4, -0.2) is 46.5 Å². The summed E-state index contributed by atoms with van der Waals surface area (Å²) in [5, 5.41) is 10.5. The van der Waals surface area contributed by atoms with Crippen molar-refractivity contribution in [1.82, 2.24) is 20.1 Å². The van der Waals surface area contributed by atoms with Gasteiger partial charge in [-0.15, -0.1) is 0 Å². The average Bonchev–Trinajstić information content (AvgIpc) is 3.16. The van der Waals surface area contributed by atoms with E-state index in [4.69, 9.17) is 16.3 Å². The monoisotopic (exact) mass is 527 g/mol. The number of pyridine rings is 1. The molecule has 0 saturated heterocycles. The van der Waals surface area contributed by atoms with E-state index < -0.39 is 18.1 Å². The zero-order valence-corrected chi connectivity index (χ0v) is 21.5. The maximum atomic E-state index is 13.1. The lowest BCUT2D eigenvalue weighted by Gasteiger charge is -2.38. The Bertz CT molecular complexity index is 1080. The van der Waals surface area contributed by atoms with Gasteiger partial charge in [-0.05, 0) is 44.4 Å². The van der Waals surface area contributed by atoms with Crippen molar-refractivity contribution in [3.05, 3.63) is 23.0 Å². The summed E-state index contributed by atoms with van der Waals surface area (Å²) in [6.07, 6.45) is 2.30. The second kappa shape index (κ2) is 10.9. The van der Waals surface area contributed by atoms with Crippen molar-refractivity contribution in [2.24, 2.45) is 17.8 Å². The molecule has 0 radical (unpaired) electrons. The van der Waals surface area contributed by atoms with Gasteiger partial charge in [-0.25, -0.2) is 4.98 Å². The van der Waals surface area contributed by atoms with Gasteiger partial charge in [-0.1, -0.05) is 31.4 Å². The summed E-state index contributed by atoms with van der Waals surface area (Å²) < 4.78 is 46.5. The van der Waals surface area contributed by atoms with Crippen LogP contribution in [0.15, 0.2) is 12.3 Å². The third-order valence-electron chi connectivity index (χ3n) is 7.47. The van der Waals surface area contributed by atoms with Crippen LogP contribution in [0.2, 0.25) is 5.02 Å². The Labute approximate surface area is 214 Å². The fourth-order valence-electron chi connectivity index (χ4n) is 5.04. The number of alkyl halides is 3. The smallest absolute Gasteiger partial charge is 0.393 e. The van der Waals surface area contributed by atoms with Crippen molar-refractivity contribution in [1.29, 1.82) is 0 Å². The van der Waals surface area contributed by atoms with Crippen LogP contribution < -0.4 is 15.4 Å². The van der Waals surface area contributed by atoms with Gasteiger partial charge in [-0.2, -0.15) is 18.3 Å². The molecule has 2 aliphatic carbocycles. The molecule has 4 rings (SSSR count). The molecule has 2 aliphatic rings. The SMILES string of the molecule is CCn1nc(C(=O)NCC2CCC(C)CC2)c(Cl)c1-c1cnc(NC2CCC2C(F)(F)F)cc1OC. The zero-order valence-electron chi connectivity index (χ0n) is 20.8. The van der Waals surface area contributed by atoms with Gasteiger partial charge in [-0.3, -0.25) is 9.48 Å². The number of anilines is 1. The van der Waals surface area contributed by atoms with Gasteiger partial charge < -0.3 is 15.4 Å². The number of rotatable bonds is 8. The number of amides is 1. The minimum absolute atomic E-state index is 0.104. The third kappa shape index (κ3) is 5.58. The topological polar surface area (TPSA) is 81.1 Å². The molecule has 0 aliphatic heterocycles. The van der Waals surface area contributed by atoms with Crippen molar-refractivity contribution in [3.8, 4) is 17.0 Å². The number of hydrogen-bond acceptors (Lipinski definition) is 5. The molecule has 2 aromatic heterocycles. The fraction of sp³-hybridized carbons (Fsp3) is 0.640. The van der Waals surface area contributed by atoms with Crippen molar-refractivity contribution in [3.63, 3.8) is 0 Å². The van der Waals surface area contributed by atoms with Crippen LogP contribution in [0.4, 0.5) is 19.0 Å². The fourth-order valence-corrected chi connectivity index (χ4v) is 5.37. The van der Waals surface area contributed by atoms with Gasteiger partial charge in [0, 0.05) is 31.4 Å². The quantitative estimate of drug-likeness (QED) is 0.444. The number of ether oxygens (including phenoxy) is 1. The normalized spacial score (nSPS) is 24.2. The number of methoxy groups -OCH3 is 1. The second-order valence-corrected chi connectivity index (χ2v) is 10.3. The summed E-state index contributed by atoms with van der Waals surface area (Å²) in [4.78, 5) is 17.3. The summed E-state index contributed by atoms with van der Waals surface area (Å²) in [5.74, 6) is 0.121. The highest BCUT2D eigenvalue weighted by atomic mass is 35.5. The Morgan fingerprint density at radius 2 is 1.94 bits per heavy atom. The maximum absolute atomic E-state index is 13.1. The molecule has 2 aromatic rings. The van der Waals surface area contributed by atoms with Crippen molar-refractivity contribution in [2.45, 2.75) is 71.1 Å². The maximum Gasteiger partial charge on any atom is 0.393 e. The molecule has 0 bridgehead atoms. The lowest BCUT2D eigenvalue weighted by Crippen LogP contribution is -2.46. The molecule has 2 saturated carbocycles. The van der Waals surface area contributed by atoms with E-state index in [9.17, 15) is 18.0 Å². The molecule has 1 amide bonds. The highest BCUT2D eigenvalue weighted by molar-refractivity contribution is 6.36. The molecule has 2 heterocycles. The Balaban J connectivity index is 1.52.